The standard InChI is InChI=1S/C12H24N2O2/c1-13-12-4-6-15-8-10(12)7-14(2)11-3-5-16-9-11/h10-13H,3-9H2,1-2H3. The molecule has 0 bridgehead atoms. The molecule has 4 nitrogen and oxygen atoms in total. The first-order valence-corrected chi connectivity index (χ1v) is 6.34. The highest BCUT2D eigenvalue weighted by atomic mass is 16.5. The molecule has 1 N–H and O–H groups in total. The van der Waals surface area contributed by atoms with Crippen LogP contribution in [0.25, 0.3) is 0 Å². The highest BCUT2D eigenvalue weighted by Crippen LogP contribution is 2.18. The molecular weight excluding hydrogens is 204 g/mol. The van der Waals surface area contributed by atoms with E-state index in [2.05, 4.69) is 24.3 Å². The van der Waals surface area contributed by atoms with Gasteiger partial charge in [-0.25, -0.2) is 0 Å². The number of nitrogens with zero attached hydrogens (tertiary/aromatic N) is 1. The van der Waals surface area contributed by atoms with Gasteiger partial charge in [0.1, 0.15) is 0 Å². The van der Waals surface area contributed by atoms with Crippen molar-refractivity contribution in [3.8, 4) is 0 Å². The zero-order valence-electron chi connectivity index (χ0n) is 10.4. The van der Waals surface area contributed by atoms with Gasteiger partial charge < -0.3 is 19.7 Å². The second kappa shape index (κ2) is 5.96. The zero-order chi connectivity index (χ0) is 11.4. The molecule has 0 aromatic rings. The molecular formula is C12H24N2O2. The molecule has 0 amide bonds. The summed E-state index contributed by atoms with van der Waals surface area (Å²) in [6, 6.07) is 1.22. The Hall–Kier alpha value is -0.160. The van der Waals surface area contributed by atoms with Gasteiger partial charge in [0.05, 0.1) is 13.2 Å². The minimum absolute atomic E-state index is 0.610. The van der Waals surface area contributed by atoms with Crippen LogP contribution in [0.4, 0.5) is 0 Å². The fourth-order valence-corrected chi connectivity index (χ4v) is 2.75. The molecule has 16 heavy (non-hydrogen) atoms. The SMILES string of the molecule is CNC1CCOCC1CN(C)C1CCOC1. The number of hydrogen-bond donors (Lipinski definition) is 1. The van der Waals surface area contributed by atoms with Crippen LogP contribution in [0.1, 0.15) is 12.8 Å². The third-order valence-electron chi connectivity index (χ3n) is 3.90. The van der Waals surface area contributed by atoms with Crippen LogP contribution in [0.2, 0.25) is 0 Å². The summed E-state index contributed by atoms with van der Waals surface area (Å²) in [6.45, 7) is 4.72. The Morgan fingerprint density at radius 3 is 2.62 bits per heavy atom. The second-order valence-electron chi connectivity index (χ2n) is 4.98. The molecule has 0 spiro atoms. The number of nitrogens with one attached hydrogen (secondary N) is 1. The number of ether oxygens (including phenoxy) is 2. The van der Waals surface area contributed by atoms with Gasteiger partial charge in [0.15, 0.2) is 0 Å². The van der Waals surface area contributed by atoms with Gasteiger partial charge in [-0.15, -0.1) is 0 Å². The van der Waals surface area contributed by atoms with Crippen LogP contribution in [0, 0.1) is 5.92 Å². The van der Waals surface area contributed by atoms with Gasteiger partial charge >= 0.3 is 0 Å². The monoisotopic (exact) mass is 228 g/mol. The lowest BCUT2D eigenvalue weighted by Crippen LogP contribution is -2.47. The lowest BCUT2D eigenvalue weighted by atomic mass is 9.95. The van der Waals surface area contributed by atoms with Gasteiger partial charge in [-0.1, -0.05) is 0 Å². The third-order valence-corrected chi connectivity index (χ3v) is 3.90. The van der Waals surface area contributed by atoms with E-state index >= 15 is 0 Å². The molecule has 0 aromatic carbocycles. The minimum Gasteiger partial charge on any atom is -0.381 e. The second-order valence-corrected chi connectivity index (χ2v) is 4.98. The third kappa shape index (κ3) is 2.94. The van der Waals surface area contributed by atoms with Gasteiger partial charge in [0, 0.05) is 37.8 Å². The van der Waals surface area contributed by atoms with Crippen LogP contribution in [-0.4, -0.2) is 64.1 Å². The fourth-order valence-electron chi connectivity index (χ4n) is 2.75. The number of likely N-dealkylation sites (N-methyl/N-ethyl adjacent to an activating group) is 1. The summed E-state index contributed by atoms with van der Waals surface area (Å²) < 4.78 is 11.0. The van der Waals surface area contributed by atoms with Crippen molar-refractivity contribution in [2.45, 2.75) is 24.9 Å². The van der Waals surface area contributed by atoms with E-state index in [-0.39, 0.29) is 0 Å². The lowest BCUT2D eigenvalue weighted by molar-refractivity contribution is 0.0156. The molecule has 2 heterocycles. The van der Waals surface area contributed by atoms with E-state index in [1.807, 2.05) is 0 Å². The predicted octanol–water partition coefficient (Wildman–Crippen LogP) is 0.332. The number of rotatable bonds is 4. The molecule has 0 radical (unpaired) electrons. The first kappa shape index (κ1) is 12.3. The van der Waals surface area contributed by atoms with Crippen molar-refractivity contribution in [2.75, 3.05) is 47.1 Å². The largest absolute Gasteiger partial charge is 0.381 e. The van der Waals surface area contributed by atoms with Crippen molar-refractivity contribution >= 4 is 0 Å². The smallest absolute Gasteiger partial charge is 0.0622 e. The van der Waals surface area contributed by atoms with E-state index in [0.717, 1.165) is 39.4 Å². The molecule has 3 atom stereocenters. The molecule has 0 aromatic heterocycles. The quantitative estimate of drug-likeness (QED) is 0.752. The Bertz CT molecular complexity index is 207. The van der Waals surface area contributed by atoms with E-state index in [4.69, 9.17) is 9.47 Å². The maximum absolute atomic E-state index is 5.58. The van der Waals surface area contributed by atoms with Gasteiger partial charge in [-0.05, 0) is 26.9 Å². The molecule has 0 saturated carbocycles. The van der Waals surface area contributed by atoms with E-state index in [1.54, 1.807) is 0 Å². The Morgan fingerprint density at radius 1 is 1.19 bits per heavy atom. The highest BCUT2D eigenvalue weighted by Gasteiger charge is 2.28. The van der Waals surface area contributed by atoms with Crippen molar-refractivity contribution in [1.29, 1.82) is 0 Å². The van der Waals surface area contributed by atoms with Crippen molar-refractivity contribution in [3.05, 3.63) is 0 Å². The van der Waals surface area contributed by atoms with Crippen molar-refractivity contribution in [3.63, 3.8) is 0 Å². The predicted molar refractivity (Wildman–Crippen MR) is 63.6 cm³/mol. The summed E-state index contributed by atoms with van der Waals surface area (Å²) in [7, 11) is 4.27. The van der Waals surface area contributed by atoms with Gasteiger partial charge in [0.2, 0.25) is 0 Å². The maximum Gasteiger partial charge on any atom is 0.0622 e. The van der Waals surface area contributed by atoms with Crippen molar-refractivity contribution in [2.24, 2.45) is 5.92 Å². The summed E-state index contributed by atoms with van der Waals surface area (Å²) in [5, 5.41) is 3.41. The zero-order valence-corrected chi connectivity index (χ0v) is 10.4. The summed E-state index contributed by atoms with van der Waals surface area (Å²) in [4.78, 5) is 2.44. The molecule has 2 fully saturated rings. The van der Waals surface area contributed by atoms with E-state index in [9.17, 15) is 0 Å². The molecule has 2 saturated heterocycles. The van der Waals surface area contributed by atoms with E-state index in [1.165, 1.54) is 6.42 Å². The van der Waals surface area contributed by atoms with Gasteiger partial charge in [0.25, 0.3) is 0 Å². The van der Waals surface area contributed by atoms with Crippen LogP contribution in [-0.2, 0) is 9.47 Å². The van der Waals surface area contributed by atoms with Crippen LogP contribution >= 0.6 is 0 Å². The summed E-state index contributed by atoms with van der Waals surface area (Å²) in [6.07, 6.45) is 2.31. The van der Waals surface area contributed by atoms with Crippen LogP contribution in [0.5, 0.6) is 0 Å². The molecule has 2 aliphatic rings. The molecule has 4 heteroatoms. The minimum atomic E-state index is 0.610. The topological polar surface area (TPSA) is 33.7 Å². The van der Waals surface area contributed by atoms with Crippen LogP contribution in [0.15, 0.2) is 0 Å². The highest BCUT2D eigenvalue weighted by molar-refractivity contribution is 4.83. The molecule has 2 aliphatic heterocycles. The maximum atomic E-state index is 5.58. The van der Waals surface area contributed by atoms with E-state index in [0.29, 0.717) is 18.0 Å². The van der Waals surface area contributed by atoms with Crippen LogP contribution < -0.4 is 5.32 Å². The van der Waals surface area contributed by atoms with Crippen molar-refractivity contribution < 1.29 is 9.47 Å². The lowest BCUT2D eigenvalue weighted by Gasteiger charge is -2.35. The molecule has 94 valence electrons. The normalized spacial score (nSPS) is 35.8. The summed E-state index contributed by atoms with van der Waals surface area (Å²) in [5.41, 5.74) is 0. The van der Waals surface area contributed by atoms with Crippen LogP contribution in [0.3, 0.4) is 0 Å². The Labute approximate surface area is 98.3 Å². The molecule has 3 unspecified atom stereocenters. The first-order valence-electron chi connectivity index (χ1n) is 6.34. The molecule has 0 aliphatic carbocycles. The average molecular weight is 228 g/mol. The molecule has 2 rings (SSSR count). The Morgan fingerprint density at radius 2 is 1.94 bits per heavy atom. The Balaban J connectivity index is 1.81. The summed E-state index contributed by atoms with van der Waals surface area (Å²) >= 11 is 0. The van der Waals surface area contributed by atoms with Gasteiger partial charge in [-0.2, -0.15) is 0 Å². The first-order chi connectivity index (χ1) is 7.81. The Kier molecular flexibility index (Phi) is 4.58. The van der Waals surface area contributed by atoms with E-state index < -0.39 is 0 Å². The van der Waals surface area contributed by atoms with Crippen molar-refractivity contribution in [1.82, 2.24) is 10.2 Å². The number of hydrogen-bond acceptors (Lipinski definition) is 4. The summed E-state index contributed by atoms with van der Waals surface area (Å²) in [5.74, 6) is 0.615. The van der Waals surface area contributed by atoms with Gasteiger partial charge in [-0.3, -0.25) is 0 Å². The average Bonchev–Trinajstić information content (AvgIpc) is 2.83. The fraction of sp³-hybridized carbons (Fsp3) is 1.00.